The molecule has 0 unspecified atom stereocenters. The van der Waals surface area contributed by atoms with Gasteiger partial charge in [0.25, 0.3) is 0 Å². The van der Waals surface area contributed by atoms with Gasteiger partial charge in [-0.2, -0.15) is 0 Å². The number of hydrogen-bond acceptors (Lipinski definition) is 11. The Morgan fingerprint density at radius 2 is 1.80 bits per heavy atom. The summed E-state index contributed by atoms with van der Waals surface area (Å²) in [6.07, 6.45) is -1.55. The van der Waals surface area contributed by atoms with Crippen LogP contribution in [0.2, 0.25) is 0 Å². The molecule has 4 N–H and O–H groups in total. The Morgan fingerprint density at radius 1 is 1.05 bits per heavy atom. The van der Waals surface area contributed by atoms with Crippen LogP contribution in [0.3, 0.4) is 0 Å². The fourth-order valence-corrected chi connectivity index (χ4v) is 10.3. The van der Waals surface area contributed by atoms with Gasteiger partial charge in [0.05, 0.1) is 23.7 Å². The zero-order valence-electron chi connectivity index (χ0n) is 24.0. The van der Waals surface area contributed by atoms with Gasteiger partial charge in [0.2, 0.25) is 0 Å². The van der Waals surface area contributed by atoms with Crippen LogP contribution >= 0.6 is 0 Å². The smallest absolute Gasteiger partial charge is 0.331 e. The first-order valence-corrected chi connectivity index (χ1v) is 15.0. The molecule has 1 spiro atoms. The van der Waals surface area contributed by atoms with Gasteiger partial charge in [-0.3, -0.25) is 4.79 Å². The lowest BCUT2D eigenvalue weighted by Crippen LogP contribution is -2.75. The van der Waals surface area contributed by atoms with Crippen LogP contribution in [0.5, 0.6) is 0 Å². The summed E-state index contributed by atoms with van der Waals surface area (Å²) in [5, 5.41) is 45.4. The molecule has 7 rings (SSSR count). The number of carbonyl (C=O) groups is 2. The number of ketones is 1. The van der Waals surface area contributed by atoms with E-state index in [1.54, 1.807) is 13.8 Å². The van der Waals surface area contributed by atoms with Gasteiger partial charge in [0, 0.05) is 19.1 Å². The third-order valence-electron chi connectivity index (χ3n) is 12.5. The third kappa shape index (κ3) is 3.43. The molecule has 0 aromatic carbocycles. The second-order valence-corrected chi connectivity index (χ2v) is 14.0. The highest BCUT2D eigenvalue weighted by atomic mass is 16.7. The number of carbonyl (C=O) groups excluding carboxylic acids is 2. The predicted molar refractivity (Wildman–Crippen MR) is 139 cm³/mol. The lowest BCUT2D eigenvalue weighted by Gasteiger charge is -2.62. The molecule has 41 heavy (non-hydrogen) atoms. The molecule has 4 saturated carbocycles. The van der Waals surface area contributed by atoms with Crippen LogP contribution in [0.15, 0.2) is 11.6 Å². The van der Waals surface area contributed by atoms with Crippen molar-refractivity contribution in [1.29, 1.82) is 0 Å². The van der Waals surface area contributed by atoms with Gasteiger partial charge in [-0.1, -0.05) is 6.92 Å². The highest BCUT2D eigenvalue weighted by Gasteiger charge is 2.88. The average molecular weight is 579 g/mol. The monoisotopic (exact) mass is 578 g/mol. The van der Waals surface area contributed by atoms with Crippen molar-refractivity contribution in [1.82, 2.24) is 0 Å². The predicted octanol–water partition coefficient (Wildman–Crippen LogP) is 0.391. The number of fused-ring (bicyclic) bond motifs is 3. The van der Waals surface area contributed by atoms with E-state index < -0.39 is 76.6 Å². The van der Waals surface area contributed by atoms with E-state index in [9.17, 15) is 30.0 Å². The van der Waals surface area contributed by atoms with E-state index in [1.165, 1.54) is 13.2 Å². The van der Waals surface area contributed by atoms with Crippen molar-refractivity contribution < 1.29 is 53.7 Å². The lowest BCUT2D eigenvalue weighted by molar-refractivity contribution is -0.313. The number of ether oxygens (including phenoxy) is 5. The van der Waals surface area contributed by atoms with Gasteiger partial charge < -0.3 is 44.1 Å². The first kappa shape index (κ1) is 28.3. The molecule has 0 amide bonds. The molecule has 0 aromatic rings. The Morgan fingerprint density at radius 3 is 2.49 bits per heavy atom. The number of rotatable bonds is 4. The van der Waals surface area contributed by atoms with Crippen LogP contribution in [0, 0.1) is 28.6 Å². The SMILES string of the molecule is CO[C@@H]1[C@@H](O)[C@H](O[C@H]2CC[C@@]3(C)[C@H](C2)C[C@H]2O[C@@]24[C@H]3[C@@H](O)C(=O)[C@]2(C)[C@H](C3=CC(=O)OC3)CC[C@]42O)O[C@@H](C)[C@H]1O. The summed E-state index contributed by atoms with van der Waals surface area (Å²) in [6, 6.07) is 0. The zero-order chi connectivity index (χ0) is 29.3. The Bertz CT molecular complexity index is 1170. The van der Waals surface area contributed by atoms with Crippen molar-refractivity contribution >= 4 is 11.8 Å². The largest absolute Gasteiger partial charge is 0.458 e. The topological polar surface area (TPSA) is 165 Å². The minimum Gasteiger partial charge on any atom is -0.458 e. The average Bonchev–Trinajstić information content (AvgIpc) is 3.38. The van der Waals surface area contributed by atoms with Gasteiger partial charge >= 0.3 is 5.97 Å². The third-order valence-corrected chi connectivity index (χ3v) is 12.5. The number of methoxy groups -OCH3 is 1. The molecule has 2 saturated heterocycles. The molecule has 6 fully saturated rings. The fraction of sp³-hybridized carbons (Fsp3) is 0.867. The van der Waals surface area contributed by atoms with Crippen molar-refractivity contribution in [3.05, 3.63) is 11.6 Å². The fourth-order valence-electron chi connectivity index (χ4n) is 10.3. The van der Waals surface area contributed by atoms with E-state index in [4.69, 9.17) is 23.7 Å². The number of aliphatic hydroxyl groups is 4. The lowest BCUT2D eigenvalue weighted by atomic mass is 9.41. The number of esters is 1. The Labute approximate surface area is 239 Å². The van der Waals surface area contributed by atoms with E-state index >= 15 is 0 Å². The van der Waals surface area contributed by atoms with E-state index in [1.807, 2.05) is 0 Å². The molecule has 0 aromatic heterocycles. The van der Waals surface area contributed by atoms with Gasteiger partial charge in [-0.05, 0) is 75.2 Å². The first-order valence-electron chi connectivity index (χ1n) is 15.0. The standard InChI is InChI=1S/C30H42O11/c1-13-20(32)23(37-4)21(33)26(39-13)40-16-5-7-27(2)15(10-16)11-18-30(41-18)24(27)22(34)25(35)28(3)17(6-8-29(28,30)36)14-9-19(31)38-12-14/h9,13,15-18,20-24,26,32-34,36H,5-8,10-12H2,1-4H3/t13-,15+,16-,17-,18+,20+,21+,22+,23-,24-,26-,27-,28-,29+,30+/m0/s1. The van der Waals surface area contributed by atoms with Gasteiger partial charge in [-0.15, -0.1) is 0 Å². The normalized spacial score (nSPS) is 57.7. The summed E-state index contributed by atoms with van der Waals surface area (Å²) in [4.78, 5) is 26.0. The summed E-state index contributed by atoms with van der Waals surface area (Å²) in [5.41, 5.74) is -3.60. The summed E-state index contributed by atoms with van der Waals surface area (Å²) in [5.74, 6) is -1.77. The Kier molecular flexibility index (Phi) is 6.25. The Hall–Kier alpha value is -1.44. The second kappa shape index (κ2) is 9.04. The molecule has 0 radical (unpaired) electrons. The number of Topliss-reactive ketones (excluding diaryl/α,β-unsaturated/α-hetero) is 1. The number of hydrogen-bond donors (Lipinski definition) is 4. The molecule has 3 heterocycles. The van der Waals surface area contributed by atoms with Crippen LogP contribution < -0.4 is 0 Å². The van der Waals surface area contributed by atoms with Gasteiger partial charge in [0.15, 0.2) is 12.1 Å². The number of cyclic esters (lactones) is 1. The molecule has 228 valence electrons. The maximum absolute atomic E-state index is 14.2. The first-order chi connectivity index (χ1) is 19.3. The minimum absolute atomic E-state index is 0.0463. The second-order valence-electron chi connectivity index (χ2n) is 14.0. The van der Waals surface area contributed by atoms with Crippen LogP contribution in [0.4, 0.5) is 0 Å². The molecule has 11 nitrogen and oxygen atoms in total. The summed E-state index contributed by atoms with van der Waals surface area (Å²) < 4.78 is 29.0. The molecular formula is C30H42O11. The van der Waals surface area contributed by atoms with E-state index in [0.717, 1.165) is 0 Å². The van der Waals surface area contributed by atoms with Crippen molar-refractivity contribution in [2.75, 3.05) is 13.7 Å². The van der Waals surface area contributed by atoms with Crippen LogP contribution in [0.25, 0.3) is 0 Å². The molecular weight excluding hydrogens is 536 g/mol. The van der Waals surface area contributed by atoms with Crippen LogP contribution in [-0.4, -0.2) is 106 Å². The summed E-state index contributed by atoms with van der Waals surface area (Å²) in [6.45, 7) is 5.65. The van der Waals surface area contributed by atoms with E-state index in [-0.39, 0.29) is 30.5 Å². The van der Waals surface area contributed by atoms with Crippen molar-refractivity contribution in [3.8, 4) is 0 Å². The van der Waals surface area contributed by atoms with Crippen molar-refractivity contribution in [3.63, 3.8) is 0 Å². The van der Waals surface area contributed by atoms with Crippen molar-refractivity contribution in [2.24, 2.45) is 28.6 Å². The van der Waals surface area contributed by atoms with Crippen molar-refractivity contribution in [2.45, 2.75) is 120 Å². The quantitative estimate of drug-likeness (QED) is 0.207. The molecule has 0 bridgehead atoms. The Balaban J connectivity index is 1.15. The number of aliphatic hydroxyl groups excluding tert-OH is 3. The van der Waals surface area contributed by atoms with E-state index in [0.29, 0.717) is 44.1 Å². The highest BCUT2D eigenvalue weighted by molar-refractivity contribution is 5.94. The molecule has 7 aliphatic rings. The molecule has 3 aliphatic heterocycles. The van der Waals surface area contributed by atoms with Crippen LogP contribution in [-0.2, 0) is 33.3 Å². The van der Waals surface area contributed by atoms with E-state index in [2.05, 4.69) is 6.92 Å². The maximum atomic E-state index is 14.2. The van der Waals surface area contributed by atoms with Gasteiger partial charge in [-0.25, -0.2) is 4.79 Å². The van der Waals surface area contributed by atoms with Crippen LogP contribution in [0.1, 0.15) is 59.3 Å². The highest BCUT2D eigenvalue weighted by Crippen LogP contribution is 2.76. The molecule has 15 atom stereocenters. The molecule has 4 aliphatic carbocycles. The zero-order valence-corrected chi connectivity index (χ0v) is 24.0. The number of epoxide rings is 1. The minimum atomic E-state index is -1.48. The maximum Gasteiger partial charge on any atom is 0.331 e. The summed E-state index contributed by atoms with van der Waals surface area (Å²) in [7, 11) is 1.43. The van der Waals surface area contributed by atoms with Gasteiger partial charge in [0.1, 0.15) is 42.2 Å². The molecule has 11 heteroatoms. The summed E-state index contributed by atoms with van der Waals surface area (Å²) >= 11 is 0.